The first-order valence-corrected chi connectivity index (χ1v) is 8.08. The van der Waals surface area contributed by atoms with Crippen molar-refractivity contribution in [1.82, 2.24) is 9.88 Å². The van der Waals surface area contributed by atoms with Gasteiger partial charge in [-0.2, -0.15) is 0 Å². The molecule has 0 spiro atoms. The first-order chi connectivity index (χ1) is 11.1. The third-order valence-corrected chi connectivity index (χ3v) is 5.19. The molecule has 1 heterocycles. The first-order valence-electron chi connectivity index (χ1n) is 6.57. The van der Waals surface area contributed by atoms with Crippen molar-refractivity contribution in [2.24, 2.45) is 0 Å². The van der Waals surface area contributed by atoms with Gasteiger partial charge >= 0.3 is 0 Å². The molecule has 1 atom stereocenters. The van der Waals surface area contributed by atoms with Crippen LogP contribution in [0, 0.1) is 11.6 Å². The number of carbonyl (C=O) groups excluding carboxylic acids is 1. The molecule has 1 aromatic heterocycles. The maximum atomic E-state index is 13.4. The molecule has 128 valence electrons. The van der Waals surface area contributed by atoms with Crippen molar-refractivity contribution >= 4 is 52.3 Å². The van der Waals surface area contributed by atoms with Crippen LogP contribution in [0.5, 0.6) is 0 Å². The number of hydrogen-bond donors (Lipinski definition) is 0. The van der Waals surface area contributed by atoms with Gasteiger partial charge in [0.05, 0.1) is 21.1 Å². The zero-order valence-corrected chi connectivity index (χ0v) is 15.4. The van der Waals surface area contributed by atoms with Gasteiger partial charge in [-0.1, -0.05) is 52.5 Å². The standard InChI is InChI=1S/C15H10Cl4F2N2O/c1-6(7-3-4-8(20)9(21)5-7)23(2)15(24)13-11(17)10(16)12(18)14(19)22-13/h3-6H,1-2H3. The second kappa shape index (κ2) is 7.40. The number of rotatable bonds is 3. The summed E-state index contributed by atoms with van der Waals surface area (Å²) in [5.74, 6) is -2.58. The lowest BCUT2D eigenvalue weighted by atomic mass is 10.1. The number of carbonyl (C=O) groups is 1. The molecule has 0 bridgehead atoms. The first kappa shape index (κ1) is 19.2. The number of nitrogens with zero attached hydrogens (tertiary/aromatic N) is 2. The van der Waals surface area contributed by atoms with Crippen LogP contribution < -0.4 is 0 Å². The molecule has 24 heavy (non-hydrogen) atoms. The smallest absolute Gasteiger partial charge is 0.274 e. The fraction of sp³-hybridized carbons (Fsp3) is 0.200. The van der Waals surface area contributed by atoms with Crippen LogP contribution in [0.15, 0.2) is 18.2 Å². The van der Waals surface area contributed by atoms with E-state index in [1.807, 2.05) is 0 Å². The van der Waals surface area contributed by atoms with Crippen LogP contribution in [0.1, 0.15) is 29.0 Å². The SMILES string of the molecule is CC(c1ccc(F)c(F)c1)N(C)C(=O)c1nc(Cl)c(Cl)c(Cl)c1Cl. The topological polar surface area (TPSA) is 33.2 Å². The highest BCUT2D eigenvalue weighted by atomic mass is 35.5. The average Bonchev–Trinajstić information content (AvgIpc) is 2.56. The van der Waals surface area contributed by atoms with Crippen LogP contribution >= 0.6 is 46.4 Å². The van der Waals surface area contributed by atoms with Gasteiger partial charge in [0, 0.05) is 7.05 Å². The van der Waals surface area contributed by atoms with E-state index in [2.05, 4.69) is 4.98 Å². The second-order valence-corrected chi connectivity index (χ2v) is 6.45. The van der Waals surface area contributed by atoms with E-state index in [0.29, 0.717) is 5.56 Å². The van der Waals surface area contributed by atoms with E-state index in [9.17, 15) is 13.6 Å². The van der Waals surface area contributed by atoms with E-state index in [-0.39, 0.29) is 25.9 Å². The molecule has 2 rings (SSSR count). The molecule has 1 unspecified atom stereocenters. The third kappa shape index (κ3) is 3.59. The maximum Gasteiger partial charge on any atom is 0.274 e. The number of aromatic nitrogens is 1. The number of halogens is 6. The van der Waals surface area contributed by atoms with E-state index in [1.54, 1.807) is 6.92 Å². The largest absolute Gasteiger partial charge is 0.334 e. The minimum absolute atomic E-state index is 0.0591. The van der Waals surface area contributed by atoms with Gasteiger partial charge in [-0.3, -0.25) is 4.79 Å². The Morgan fingerprint density at radius 1 is 1.08 bits per heavy atom. The lowest BCUT2D eigenvalue weighted by molar-refractivity contribution is 0.0736. The van der Waals surface area contributed by atoms with Crippen LogP contribution in [-0.4, -0.2) is 22.8 Å². The minimum atomic E-state index is -1.01. The fourth-order valence-electron chi connectivity index (χ4n) is 1.97. The van der Waals surface area contributed by atoms with Crippen molar-refractivity contribution in [2.45, 2.75) is 13.0 Å². The Balaban J connectivity index is 2.37. The van der Waals surface area contributed by atoms with Crippen molar-refractivity contribution in [3.8, 4) is 0 Å². The van der Waals surface area contributed by atoms with Gasteiger partial charge in [0.15, 0.2) is 11.6 Å². The summed E-state index contributed by atoms with van der Waals surface area (Å²) in [6.45, 7) is 1.64. The van der Waals surface area contributed by atoms with Crippen LogP contribution in [-0.2, 0) is 0 Å². The van der Waals surface area contributed by atoms with E-state index in [4.69, 9.17) is 46.4 Å². The molecule has 0 aliphatic heterocycles. The predicted octanol–water partition coefficient (Wildman–Crippen LogP) is 5.81. The molecule has 0 aliphatic carbocycles. The average molecular weight is 414 g/mol. The zero-order chi connectivity index (χ0) is 18.2. The summed E-state index contributed by atoms with van der Waals surface area (Å²) in [5, 5.41) is -0.449. The number of hydrogen-bond acceptors (Lipinski definition) is 2. The Labute approximate surface area is 157 Å². The van der Waals surface area contributed by atoms with Gasteiger partial charge < -0.3 is 4.90 Å². The Morgan fingerprint density at radius 3 is 2.29 bits per heavy atom. The van der Waals surface area contributed by atoms with Crippen molar-refractivity contribution < 1.29 is 13.6 Å². The molecular weight excluding hydrogens is 404 g/mol. The molecule has 0 saturated heterocycles. The third-order valence-electron chi connectivity index (χ3n) is 3.51. The highest BCUT2D eigenvalue weighted by Crippen LogP contribution is 2.37. The lowest BCUT2D eigenvalue weighted by Gasteiger charge is -2.25. The summed E-state index contributed by atoms with van der Waals surface area (Å²) in [6, 6.07) is 2.80. The highest BCUT2D eigenvalue weighted by Gasteiger charge is 2.26. The van der Waals surface area contributed by atoms with Gasteiger partial charge in [-0.15, -0.1) is 0 Å². The number of amides is 1. The molecule has 1 aromatic carbocycles. The van der Waals surface area contributed by atoms with Crippen molar-refractivity contribution in [3.63, 3.8) is 0 Å². The van der Waals surface area contributed by atoms with E-state index in [0.717, 1.165) is 12.1 Å². The molecule has 0 saturated carbocycles. The second-order valence-electron chi connectivity index (χ2n) is 4.96. The summed E-state index contributed by atoms with van der Waals surface area (Å²) in [6.07, 6.45) is 0. The van der Waals surface area contributed by atoms with E-state index in [1.165, 1.54) is 18.0 Å². The molecule has 1 amide bonds. The summed E-state index contributed by atoms with van der Waals surface area (Å²) in [4.78, 5) is 17.7. The highest BCUT2D eigenvalue weighted by molar-refractivity contribution is 6.52. The molecule has 9 heteroatoms. The molecule has 2 aromatic rings. The maximum absolute atomic E-state index is 13.4. The van der Waals surface area contributed by atoms with Crippen LogP contribution in [0.25, 0.3) is 0 Å². The van der Waals surface area contributed by atoms with Crippen LogP contribution in [0.4, 0.5) is 8.78 Å². The summed E-state index contributed by atoms with van der Waals surface area (Å²) < 4.78 is 26.4. The van der Waals surface area contributed by atoms with Crippen LogP contribution in [0.2, 0.25) is 20.2 Å². The number of benzene rings is 1. The zero-order valence-electron chi connectivity index (χ0n) is 12.4. The Morgan fingerprint density at radius 2 is 1.71 bits per heavy atom. The molecule has 0 radical (unpaired) electrons. The molecule has 3 nitrogen and oxygen atoms in total. The van der Waals surface area contributed by atoms with Gasteiger partial charge in [0.1, 0.15) is 10.8 Å². The predicted molar refractivity (Wildman–Crippen MR) is 91.1 cm³/mol. The fourth-order valence-corrected chi connectivity index (χ4v) is 2.78. The lowest BCUT2D eigenvalue weighted by Crippen LogP contribution is -2.30. The van der Waals surface area contributed by atoms with Gasteiger partial charge in [-0.25, -0.2) is 13.8 Å². The normalized spacial score (nSPS) is 12.2. The van der Waals surface area contributed by atoms with Crippen molar-refractivity contribution in [2.75, 3.05) is 7.05 Å². The monoisotopic (exact) mass is 412 g/mol. The Kier molecular flexibility index (Phi) is 5.91. The van der Waals surface area contributed by atoms with Crippen LogP contribution in [0.3, 0.4) is 0 Å². The summed E-state index contributed by atoms with van der Waals surface area (Å²) >= 11 is 23.6. The van der Waals surface area contributed by atoms with Crippen molar-refractivity contribution in [1.29, 1.82) is 0 Å². The van der Waals surface area contributed by atoms with Gasteiger partial charge in [-0.05, 0) is 24.6 Å². The van der Waals surface area contributed by atoms with Gasteiger partial charge in [0.2, 0.25) is 0 Å². The minimum Gasteiger partial charge on any atom is -0.334 e. The Bertz CT molecular complexity index is 817. The quantitative estimate of drug-likeness (QED) is 0.595. The summed E-state index contributed by atoms with van der Waals surface area (Å²) in [5.41, 5.74) is 0.208. The summed E-state index contributed by atoms with van der Waals surface area (Å²) in [7, 11) is 1.46. The van der Waals surface area contributed by atoms with Gasteiger partial charge in [0.25, 0.3) is 5.91 Å². The number of pyridine rings is 1. The van der Waals surface area contributed by atoms with Crippen molar-refractivity contribution in [3.05, 3.63) is 61.3 Å². The molecular formula is C15H10Cl4F2N2O. The molecule has 0 fully saturated rings. The Hall–Kier alpha value is -1.14. The van der Waals surface area contributed by atoms with E-state index >= 15 is 0 Å². The molecule has 0 aliphatic rings. The molecule has 0 N–H and O–H groups in total. The van der Waals surface area contributed by atoms with E-state index < -0.39 is 23.6 Å².